The predicted octanol–water partition coefficient (Wildman–Crippen LogP) is 2.17. The van der Waals surface area contributed by atoms with Gasteiger partial charge in [-0.05, 0) is 31.1 Å². The van der Waals surface area contributed by atoms with Gasteiger partial charge in [-0.25, -0.2) is 0 Å². The highest BCUT2D eigenvalue weighted by Crippen LogP contribution is 2.21. The number of furan rings is 1. The van der Waals surface area contributed by atoms with Gasteiger partial charge in [0.05, 0.1) is 12.4 Å². The summed E-state index contributed by atoms with van der Waals surface area (Å²) in [6, 6.07) is 3.84. The van der Waals surface area contributed by atoms with Crippen molar-refractivity contribution in [1.82, 2.24) is 0 Å². The Morgan fingerprint density at radius 2 is 1.86 bits per heavy atom. The van der Waals surface area contributed by atoms with Gasteiger partial charge in [-0.15, -0.1) is 0 Å². The van der Waals surface area contributed by atoms with E-state index in [0.29, 0.717) is 19.6 Å². The van der Waals surface area contributed by atoms with Crippen molar-refractivity contribution in [3.63, 3.8) is 0 Å². The first-order chi connectivity index (χ1) is 10.3. The molecule has 1 atom stereocenters. The van der Waals surface area contributed by atoms with Gasteiger partial charge in [-0.3, -0.25) is 0 Å². The summed E-state index contributed by atoms with van der Waals surface area (Å²) < 4.78 is 17.0. The Bertz CT molecular complexity index is 438. The largest absolute Gasteiger partial charge is 0.492 e. The van der Waals surface area contributed by atoms with Gasteiger partial charge in [0.2, 0.25) is 0 Å². The lowest BCUT2D eigenvalue weighted by molar-refractivity contribution is 0.0139. The molecule has 1 aliphatic rings. The second kappa shape index (κ2) is 8.87. The Balaban J connectivity index is 1.61. The third kappa shape index (κ3) is 5.53. The van der Waals surface area contributed by atoms with Crippen molar-refractivity contribution in [3.8, 4) is 0 Å². The molecule has 0 amide bonds. The van der Waals surface area contributed by atoms with Crippen LogP contribution in [0.15, 0.2) is 28.4 Å². The molecule has 21 heavy (non-hydrogen) atoms. The first-order valence-electron chi connectivity index (χ1n) is 7.54. The van der Waals surface area contributed by atoms with Gasteiger partial charge in [-0.1, -0.05) is 0 Å². The molecule has 2 heterocycles. The minimum atomic E-state index is 0.0718. The molecule has 0 spiro atoms. The van der Waals surface area contributed by atoms with Crippen molar-refractivity contribution in [2.24, 2.45) is 0 Å². The molecule has 1 unspecified atom stereocenters. The first kappa shape index (κ1) is 16.1. The van der Waals surface area contributed by atoms with Gasteiger partial charge in [0.1, 0.15) is 24.2 Å². The van der Waals surface area contributed by atoms with Crippen molar-refractivity contribution in [3.05, 3.63) is 35.5 Å². The molecule has 2 N–H and O–H groups in total. The van der Waals surface area contributed by atoms with Gasteiger partial charge in [-0.2, -0.15) is 0 Å². The van der Waals surface area contributed by atoms with E-state index in [-0.39, 0.29) is 19.3 Å². The standard InChI is InChI=1S/C16H24O5/c17-9-1-3-13-5-7-15(20-13)11-19-12-16-8-6-14(21-16)4-2-10-18/h5-7,16-18H,1-4,8-12H2. The Labute approximate surface area is 125 Å². The van der Waals surface area contributed by atoms with Crippen molar-refractivity contribution in [2.75, 3.05) is 19.8 Å². The maximum atomic E-state index is 8.78. The highest BCUT2D eigenvalue weighted by molar-refractivity contribution is 5.06. The normalized spacial score (nSPS) is 17.8. The lowest BCUT2D eigenvalue weighted by Crippen LogP contribution is -2.14. The Morgan fingerprint density at radius 1 is 1.10 bits per heavy atom. The Hall–Kier alpha value is -1.30. The molecular formula is C16H24O5. The van der Waals surface area contributed by atoms with Crippen molar-refractivity contribution >= 4 is 0 Å². The van der Waals surface area contributed by atoms with Crippen molar-refractivity contribution < 1.29 is 24.1 Å². The summed E-state index contributed by atoms with van der Waals surface area (Å²) in [5, 5.41) is 17.6. The molecule has 5 nitrogen and oxygen atoms in total. The lowest BCUT2D eigenvalue weighted by Gasteiger charge is -2.13. The first-order valence-corrected chi connectivity index (χ1v) is 7.54. The Kier molecular flexibility index (Phi) is 6.79. The molecule has 0 aromatic carbocycles. The number of rotatable bonds is 10. The molecule has 0 saturated carbocycles. The average molecular weight is 296 g/mol. The molecule has 0 aliphatic carbocycles. The molecule has 0 radical (unpaired) electrons. The van der Waals surface area contributed by atoms with Crippen LogP contribution in [0, 0.1) is 0 Å². The van der Waals surface area contributed by atoms with Crippen LogP contribution >= 0.6 is 0 Å². The van der Waals surface area contributed by atoms with E-state index >= 15 is 0 Å². The minimum Gasteiger partial charge on any atom is -0.492 e. The fourth-order valence-electron chi connectivity index (χ4n) is 2.27. The van der Waals surface area contributed by atoms with Crippen molar-refractivity contribution in [2.45, 2.75) is 44.8 Å². The highest BCUT2D eigenvalue weighted by atomic mass is 16.5. The third-order valence-corrected chi connectivity index (χ3v) is 3.35. The van der Waals surface area contributed by atoms with E-state index in [1.165, 1.54) is 0 Å². The zero-order valence-electron chi connectivity index (χ0n) is 12.3. The van der Waals surface area contributed by atoms with Crippen LogP contribution < -0.4 is 0 Å². The summed E-state index contributed by atoms with van der Waals surface area (Å²) in [5.41, 5.74) is 0. The van der Waals surface area contributed by atoms with Crippen LogP contribution in [0.3, 0.4) is 0 Å². The van der Waals surface area contributed by atoms with E-state index in [4.69, 9.17) is 24.1 Å². The monoisotopic (exact) mass is 296 g/mol. The molecule has 0 saturated heterocycles. The molecule has 5 heteroatoms. The molecule has 118 valence electrons. The highest BCUT2D eigenvalue weighted by Gasteiger charge is 2.18. The molecule has 1 aromatic heterocycles. The van der Waals surface area contributed by atoms with Crippen LogP contribution in [-0.4, -0.2) is 36.1 Å². The van der Waals surface area contributed by atoms with E-state index in [1.807, 2.05) is 12.1 Å². The summed E-state index contributed by atoms with van der Waals surface area (Å²) in [5.74, 6) is 2.64. The molecular weight excluding hydrogens is 272 g/mol. The predicted molar refractivity (Wildman–Crippen MR) is 77.7 cm³/mol. The third-order valence-electron chi connectivity index (χ3n) is 3.35. The van der Waals surface area contributed by atoms with Gasteiger partial charge in [0.15, 0.2) is 0 Å². The number of aliphatic hydroxyl groups is 2. The fourth-order valence-corrected chi connectivity index (χ4v) is 2.27. The Morgan fingerprint density at radius 3 is 2.67 bits per heavy atom. The van der Waals surface area contributed by atoms with Crippen LogP contribution in [-0.2, 0) is 22.5 Å². The lowest BCUT2D eigenvalue weighted by atomic mass is 10.2. The number of aliphatic hydroxyl groups excluding tert-OH is 2. The second-order valence-electron chi connectivity index (χ2n) is 5.18. The van der Waals surface area contributed by atoms with E-state index in [2.05, 4.69) is 6.08 Å². The zero-order valence-corrected chi connectivity index (χ0v) is 12.3. The zero-order chi connectivity index (χ0) is 14.9. The summed E-state index contributed by atoms with van der Waals surface area (Å²) in [6.45, 7) is 1.34. The number of allylic oxidation sites excluding steroid dienone is 1. The van der Waals surface area contributed by atoms with Crippen molar-refractivity contribution in [1.29, 1.82) is 0 Å². The van der Waals surface area contributed by atoms with E-state index < -0.39 is 0 Å². The van der Waals surface area contributed by atoms with Crippen LogP contribution in [0.25, 0.3) is 0 Å². The smallest absolute Gasteiger partial charge is 0.129 e. The SMILES string of the molecule is OCCCC1=CCC(COCc2ccc(CCCO)o2)O1. The summed E-state index contributed by atoms with van der Waals surface area (Å²) in [6.07, 6.45) is 6.00. The van der Waals surface area contributed by atoms with E-state index in [9.17, 15) is 0 Å². The molecule has 2 rings (SSSR count). The summed E-state index contributed by atoms with van der Waals surface area (Å²) in [4.78, 5) is 0. The number of hydrogen-bond donors (Lipinski definition) is 2. The average Bonchev–Trinajstić information content (AvgIpc) is 3.12. The summed E-state index contributed by atoms with van der Waals surface area (Å²) >= 11 is 0. The van der Waals surface area contributed by atoms with Crippen LogP contribution in [0.5, 0.6) is 0 Å². The number of ether oxygens (including phenoxy) is 2. The quantitative estimate of drug-likeness (QED) is 0.692. The van der Waals surface area contributed by atoms with E-state index in [1.54, 1.807) is 0 Å². The van der Waals surface area contributed by atoms with Crippen LogP contribution in [0.4, 0.5) is 0 Å². The second-order valence-corrected chi connectivity index (χ2v) is 5.18. The molecule has 0 bridgehead atoms. The topological polar surface area (TPSA) is 72.1 Å². The van der Waals surface area contributed by atoms with Gasteiger partial charge < -0.3 is 24.1 Å². The minimum absolute atomic E-state index is 0.0718. The van der Waals surface area contributed by atoms with E-state index in [0.717, 1.165) is 43.0 Å². The maximum absolute atomic E-state index is 8.78. The molecule has 0 fully saturated rings. The maximum Gasteiger partial charge on any atom is 0.129 e. The molecule has 1 aromatic rings. The van der Waals surface area contributed by atoms with Crippen LogP contribution in [0.1, 0.15) is 37.2 Å². The number of aryl methyl sites for hydroxylation is 1. The summed E-state index contributed by atoms with van der Waals surface area (Å²) in [7, 11) is 0. The van der Waals surface area contributed by atoms with Crippen LogP contribution in [0.2, 0.25) is 0 Å². The van der Waals surface area contributed by atoms with Gasteiger partial charge >= 0.3 is 0 Å². The fraction of sp³-hybridized carbons (Fsp3) is 0.625. The molecule has 1 aliphatic heterocycles. The number of hydrogen-bond acceptors (Lipinski definition) is 5. The van der Waals surface area contributed by atoms with Gasteiger partial charge in [0, 0.05) is 32.5 Å². The van der Waals surface area contributed by atoms with Gasteiger partial charge in [0.25, 0.3) is 0 Å².